The van der Waals surface area contributed by atoms with E-state index in [9.17, 15) is 10.1 Å². The maximum atomic E-state index is 12.7. The Labute approximate surface area is 226 Å². The molecule has 0 saturated carbocycles. The van der Waals surface area contributed by atoms with Gasteiger partial charge in [0.1, 0.15) is 23.1 Å². The van der Waals surface area contributed by atoms with E-state index in [0.29, 0.717) is 24.4 Å². The number of nitrogens with zero attached hydrogens (tertiary/aromatic N) is 5. The third-order valence-electron chi connectivity index (χ3n) is 5.28. The van der Waals surface area contributed by atoms with Crippen LogP contribution >= 0.6 is 0 Å². The largest absolute Gasteiger partial charge is 0.494 e. The van der Waals surface area contributed by atoms with E-state index in [4.69, 9.17) is 19.7 Å². The fourth-order valence-corrected chi connectivity index (χ4v) is 3.61. The van der Waals surface area contributed by atoms with Gasteiger partial charge in [-0.1, -0.05) is 30.3 Å². The van der Waals surface area contributed by atoms with Crippen molar-refractivity contribution in [2.75, 3.05) is 13.2 Å². The number of hydrogen-bond donors (Lipinski definition) is 2. The number of hydrogen-bond acceptors (Lipinski definition) is 6. The van der Waals surface area contributed by atoms with Crippen molar-refractivity contribution in [2.24, 2.45) is 0 Å². The SMILES string of the molecule is CC(=O)O.CCOc1cccc(-c2nn(-c3ccccc3)cc2/C=C(/C#N)C(=O)NCCCn2ccnc2)c1. The van der Waals surface area contributed by atoms with Crippen molar-refractivity contribution in [3.63, 3.8) is 0 Å². The van der Waals surface area contributed by atoms with Gasteiger partial charge < -0.3 is 19.7 Å². The molecule has 2 N–H and O–H groups in total. The van der Waals surface area contributed by atoms with E-state index >= 15 is 0 Å². The second-order valence-electron chi connectivity index (χ2n) is 8.27. The van der Waals surface area contributed by atoms with E-state index in [-0.39, 0.29) is 5.57 Å². The maximum Gasteiger partial charge on any atom is 0.300 e. The number of nitriles is 1. The monoisotopic (exact) mass is 526 g/mol. The summed E-state index contributed by atoms with van der Waals surface area (Å²) in [7, 11) is 0. The summed E-state index contributed by atoms with van der Waals surface area (Å²) >= 11 is 0. The van der Waals surface area contributed by atoms with E-state index in [1.54, 1.807) is 23.3 Å². The number of carbonyl (C=O) groups excluding carboxylic acids is 1. The smallest absolute Gasteiger partial charge is 0.300 e. The molecule has 2 aromatic heterocycles. The molecule has 2 heterocycles. The topological polar surface area (TPSA) is 135 Å². The number of carboxylic acids is 1. The first-order valence-corrected chi connectivity index (χ1v) is 12.3. The van der Waals surface area contributed by atoms with Crippen molar-refractivity contribution in [3.8, 4) is 28.8 Å². The molecule has 0 spiro atoms. The summed E-state index contributed by atoms with van der Waals surface area (Å²) in [6.45, 7) is 4.74. The summed E-state index contributed by atoms with van der Waals surface area (Å²) in [5.41, 5.74) is 3.03. The number of aliphatic carboxylic acids is 1. The number of benzene rings is 2. The second kappa shape index (κ2) is 14.5. The van der Waals surface area contributed by atoms with Crippen LogP contribution in [0, 0.1) is 11.3 Å². The van der Waals surface area contributed by atoms with Crippen LogP contribution in [0.15, 0.2) is 85.1 Å². The number of rotatable bonds is 10. The summed E-state index contributed by atoms with van der Waals surface area (Å²) in [5, 5.41) is 24.7. The minimum absolute atomic E-state index is 0.0162. The molecule has 4 aromatic rings. The van der Waals surface area contributed by atoms with Crippen LogP contribution in [-0.2, 0) is 16.1 Å². The molecule has 0 unspecified atom stereocenters. The molecule has 0 bridgehead atoms. The molecule has 2 aromatic carbocycles. The molecule has 39 heavy (non-hydrogen) atoms. The molecule has 4 rings (SSSR count). The maximum absolute atomic E-state index is 12.7. The lowest BCUT2D eigenvalue weighted by Gasteiger charge is -2.06. The summed E-state index contributed by atoms with van der Waals surface area (Å²) in [6, 6.07) is 19.3. The third kappa shape index (κ3) is 8.72. The van der Waals surface area contributed by atoms with Gasteiger partial charge in [-0.2, -0.15) is 10.4 Å². The van der Waals surface area contributed by atoms with Crippen molar-refractivity contribution in [2.45, 2.75) is 26.8 Å². The summed E-state index contributed by atoms with van der Waals surface area (Å²) in [5.74, 6) is -0.523. The molecule has 0 aliphatic heterocycles. The first-order valence-electron chi connectivity index (χ1n) is 12.3. The van der Waals surface area contributed by atoms with Gasteiger partial charge >= 0.3 is 0 Å². The van der Waals surface area contributed by atoms with E-state index in [2.05, 4.69) is 10.3 Å². The number of carbonyl (C=O) groups is 2. The minimum Gasteiger partial charge on any atom is -0.494 e. The Morgan fingerprint density at radius 1 is 1.18 bits per heavy atom. The van der Waals surface area contributed by atoms with Gasteiger partial charge in [0.15, 0.2) is 0 Å². The molecule has 0 fully saturated rings. The zero-order chi connectivity index (χ0) is 28.0. The van der Waals surface area contributed by atoms with Crippen molar-refractivity contribution in [1.29, 1.82) is 5.26 Å². The molecular weight excluding hydrogens is 496 g/mol. The van der Waals surface area contributed by atoms with Crippen LogP contribution in [0.5, 0.6) is 5.75 Å². The molecule has 0 aliphatic rings. The molecule has 1 amide bonds. The van der Waals surface area contributed by atoms with Gasteiger partial charge in [-0.3, -0.25) is 9.59 Å². The highest BCUT2D eigenvalue weighted by molar-refractivity contribution is 6.02. The highest BCUT2D eigenvalue weighted by Gasteiger charge is 2.15. The summed E-state index contributed by atoms with van der Waals surface area (Å²) in [4.78, 5) is 25.7. The van der Waals surface area contributed by atoms with Crippen LogP contribution in [0.3, 0.4) is 0 Å². The predicted octanol–water partition coefficient (Wildman–Crippen LogP) is 4.34. The minimum atomic E-state index is -0.833. The Hall–Kier alpha value is -5.17. The zero-order valence-electron chi connectivity index (χ0n) is 21.8. The Kier molecular flexibility index (Phi) is 10.6. The number of nitrogens with one attached hydrogen (secondary N) is 1. The van der Waals surface area contributed by atoms with Gasteiger partial charge in [0.25, 0.3) is 11.9 Å². The van der Waals surface area contributed by atoms with Gasteiger partial charge in [0.2, 0.25) is 0 Å². The fraction of sp³-hybridized carbons (Fsp3) is 0.207. The average Bonchev–Trinajstić information content (AvgIpc) is 3.60. The molecule has 0 radical (unpaired) electrons. The molecule has 200 valence electrons. The van der Waals surface area contributed by atoms with Gasteiger partial charge in [-0.05, 0) is 43.7 Å². The number of para-hydroxylation sites is 1. The first-order chi connectivity index (χ1) is 18.9. The molecule has 0 saturated heterocycles. The quantitative estimate of drug-likeness (QED) is 0.178. The number of carboxylic acid groups (broad SMARTS) is 1. The van der Waals surface area contributed by atoms with Crippen LogP contribution in [0.25, 0.3) is 23.0 Å². The number of ether oxygens (including phenoxy) is 1. The standard InChI is InChI=1S/C27H26N6O2.C2H4O2/c1-2-35-25-11-6-8-21(17-25)26-23(19-33(31-26)24-9-4-3-5-10-24)16-22(18-28)27(34)30-12-7-14-32-15-13-29-20-32;1-2(3)4/h3-6,8-11,13,15-17,19-20H,2,7,12,14H2,1H3,(H,30,34);1H3,(H,3,4)/b22-16-;. The van der Waals surface area contributed by atoms with Gasteiger partial charge in [0, 0.05) is 49.7 Å². The van der Waals surface area contributed by atoms with Crippen molar-refractivity contribution in [1.82, 2.24) is 24.6 Å². The lowest BCUT2D eigenvalue weighted by Crippen LogP contribution is -2.26. The van der Waals surface area contributed by atoms with Gasteiger partial charge in [0.05, 0.1) is 18.6 Å². The van der Waals surface area contributed by atoms with Gasteiger partial charge in [-0.15, -0.1) is 0 Å². The van der Waals surface area contributed by atoms with Crippen LogP contribution in [0.1, 0.15) is 25.8 Å². The molecular formula is C29H30N6O4. The number of imidazole rings is 1. The van der Waals surface area contributed by atoms with E-state index < -0.39 is 11.9 Å². The van der Waals surface area contributed by atoms with Crippen LogP contribution in [0.4, 0.5) is 0 Å². The number of aromatic nitrogens is 4. The Morgan fingerprint density at radius 2 is 1.95 bits per heavy atom. The summed E-state index contributed by atoms with van der Waals surface area (Å²) < 4.78 is 9.33. The first kappa shape index (κ1) is 28.4. The van der Waals surface area contributed by atoms with E-state index in [1.165, 1.54) is 0 Å². The molecule has 10 nitrogen and oxygen atoms in total. The van der Waals surface area contributed by atoms with E-state index in [1.807, 2.05) is 84.6 Å². The molecule has 0 atom stereocenters. The second-order valence-corrected chi connectivity index (χ2v) is 8.27. The Balaban J connectivity index is 0.000000983. The predicted molar refractivity (Wildman–Crippen MR) is 147 cm³/mol. The molecule has 10 heteroatoms. The highest BCUT2D eigenvalue weighted by atomic mass is 16.5. The van der Waals surface area contributed by atoms with Crippen LogP contribution in [0.2, 0.25) is 0 Å². The third-order valence-corrected chi connectivity index (χ3v) is 5.28. The number of aryl methyl sites for hydroxylation is 1. The highest BCUT2D eigenvalue weighted by Crippen LogP contribution is 2.28. The molecule has 0 aliphatic carbocycles. The normalized spacial score (nSPS) is 10.6. The lowest BCUT2D eigenvalue weighted by atomic mass is 10.1. The van der Waals surface area contributed by atoms with Crippen molar-refractivity contribution < 1.29 is 19.4 Å². The van der Waals surface area contributed by atoms with E-state index in [0.717, 1.165) is 36.9 Å². The Morgan fingerprint density at radius 3 is 2.62 bits per heavy atom. The summed E-state index contributed by atoms with van der Waals surface area (Å²) in [6.07, 6.45) is 9.44. The van der Waals surface area contributed by atoms with Gasteiger partial charge in [-0.25, -0.2) is 9.67 Å². The van der Waals surface area contributed by atoms with Crippen molar-refractivity contribution >= 4 is 18.0 Å². The lowest BCUT2D eigenvalue weighted by molar-refractivity contribution is -0.134. The van der Waals surface area contributed by atoms with Crippen LogP contribution < -0.4 is 10.1 Å². The van der Waals surface area contributed by atoms with Crippen molar-refractivity contribution in [3.05, 3.63) is 90.7 Å². The average molecular weight is 527 g/mol. The zero-order valence-corrected chi connectivity index (χ0v) is 21.8. The Bertz CT molecular complexity index is 1430. The fourth-order valence-electron chi connectivity index (χ4n) is 3.61. The number of amides is 1. The van der Waals surface area contributed by atoms with Crippen LogP contribution in [-0.4, -0.2) is 49.5 Å².